The van der Waals surface area contributed by atoms with Crippen LogP contribution in [0.1, 0.15) is 24.3 Å². The predicted molar refractivity (Wildman–Crippen MR) is 75.8 cm³/mol. The van der Waals surface area contributed by atoms with E-state index in [1.807, 2.05) is 6.07 Å². The zero-order chi connectivity index (χ0) is 15.7. The van der Waals surface area contributed by atoms with Gasteiger partial charge in [0, 0.05) is 19.0 Å². The normalized spacial score (nSPS) is 27.5. The third-order valence-electron chi connectivity index (χ3n) is 4.24. The lowest BCUT2D eigenvalue weighted by Crippen LogP contribution is -2.47. The first-order valence-corrected chi connectivity index (χ1v) is 7.42. The topological polar surface area (TPSA) is 66.8 Å². The van der Waals surface area contributed by atoms with Crippen molar-refractivity contribution in [1.29, 1.82) is 0 Å². The molecule has 22 heavy (non-hydrogen) atoms. The van der Waals surface area contributed by atoms with Crippen LogP contribution in [0, 0.1) is 11.7 Å². The maximum Gasteiger partial charge on any atom is 0.306 e. The highest BCUT2D eigenvalue weighted by molar-refractivity contribution is 5.83. The van der Waals surface area contributed by atoms with Crippen LogP contribution in [0.5, 0.6) is 0 Å². The summed E-state index contributed by atoms with van der Waals surface area (Å²) in [5.41, 5.74) is 0.855. The van der Waals surface area contributed by atoms with Gasteiger partial charge in [0.2, 0.25) is 5.91 Å². The number of hydrogen-bond acceptors (Lipinski definition) is 3. The van der Waals surface area contributed by atoms with Crippen molar-refractivity contribution in [3.8, 4) is 0 Å². The molecule has 118 valence electrons. The zero-order valence-electron chi connectivity index (χ0n) is 12.1. The van der Waals surface area contributed by atoms with E-state index in [4.69, 9.17) is 9.84 Å². The van der Waals surface area contributed by atoms with E-state index >= 15 is 0 Å². The van der Waals surface area contributed by atoms with E-state index in [0.717, 1.165) is 12.0 Å². The second-order valence-corrected chi connectivity index (χ2v) is 5.88. The van der Waals surface area contributed by atoms with Crippen molar-refractivity contribution >= 4 is 11.9 Å². The first-order valence-electron chi connectivity index (χ1n) is 7.42. The SMILES string of the molecule is O=C(O)C[C@@H]1CN(C(=O)[C@@H]2C[C@H]2c2cccc(F)c2)CCO1. The van der Waals surface area contributed by atoms with Gasteiger partial charge in [0.25, 0.3) is 0 Å². The fraction of sp³-hybridized carbons (Fsp3) is 0.500. The van der Waals surface area contributed by atoms with Gasteiger partial charge in [-0.15, -0.1) is 0 Å². The highest BCUT2D eigenvalue weighted by Gasteiger charge is 2.46. The van der Waals surface area contributed by atoms with E-state index in [1.54, 1.807) is 11.0 Å². The largest absolute Gasteiger partial charge is 0.481 e. The minimum absolute atomic E-state index is 0.0213. The highest BCUT2D eigenvalue weighted by atomic mass is 19.1. The molecular weight excluding hydrogens is 289 g/mol. The Morgan fingerprint density at radius 2 is 2.23 bits per heavy atom. The maximum absolute atomic E-state index is 13.2. The molecule has 1 saturated heterocycles. The number of amides is 1. The molecule has 0 aromatic heterocycles. The molecule has 3 rings (SSSR count). The molecule has 2 aliphatic rings. The summed E-state index contributed by atoms with van der Waals surface area (Å²) in [5.74, 6) is -1.24. The van der Waals surface area contributed by atoms with Crippen LogP contribution in [0.25, 0.3) is 0 Å². The van der Waals surface area contributed by atoms with Gasteiger partial charge >= 0.3 is 5.97 Å². The minimum Gasteiger partial charge on any atom is -0.481 e. The summed E-state index contributed by atoms with van der Waals surface area (Å²) in [6.45, 7) is 1.17. The summed E-state index contributed by atoms with van der Waals surface area (Å²) in [6, 6.07) is 6.36. The third-order valence-corrected chi connectivity index (χ3v) is 4.24. The molecule has 1 amide bonds. The molecule has 1 aromatic carbocycles. The molecule has 1 aromatic rings. The van der Waals surface area contributed by atoms with Crippen molar-refractivity contribution in [1.82, 2.24) is 4.90 Å². The van der Waals surface area contributed by atoms with Crippen molar-refractivity contribution in [2.24, 2.45) is 5.92 Å². The lowest BCUT2D eigenvalue weighted by molar-refractivity contribution is -0.148. The summed E-state index contributed by atoms with van der Waals surface area (Å²) >= 11 is 0. The number of halogens is 1. The van der Waals surface area contributed by atoms with Crippen LogP contribution < -0.4 is 0 Å². The molecule has 0 spiro atoms. The van der Waals surface area contributed by atoms with Crippen LogP contribution in [0.15, 0.2) is 24.3 Å². The lowest BCUT2D eigenvalue weighted by atomic mass is 10.1. The van der Waals surface area contributed by atoms with Gasteiger partial charge in [0.1, 0.15) is 5.82 Å². The molecule has 1 N–H and O–H groups in total. The van der Waals surface area contributed by atoms with Gasteiger partial charge in [-0.25, -0.2) is 4.39 Å². The Labute approximate surface area is 127 Å². The molecule has 6 heteroatoms. The molecule has 1 aliphatic heterocycles. The second kappa shape index (κ2) is 6.04. The molecule has 5 nitrogen and oxygen atoms in total. The lowest BCUT2D eigenvalue weighted by Gasteiger charge is -2.32. The number of rotatable bonds is 4. The molecule has 1 aliphatic carbocycles. The Morgan fingerprint density at radius 3 is 2.95 bits per heavy atom. The van der Waals surface area contributed by atoms with E-state index in [9.17, 15) is 14.0 Å². The zero-order valence-corrected chi connectivity index (χ0v) is 12.1. The van der Waals surface area contributed by atoms with Gasteiger partial charge < -0.3 is 14.7 Å². The highest BCUT2D eigenvalue weighted by Crippen LogP contribution is 2.48. The van der Waals surface area contributed by atoms with Gasteiger partial charge in [-0.05, 0) is 30.0 Å². The van der Waals surface area contributed by atoms with Gasteiger partial charge in [-0.1, -0.05) is 12.1 Å². The average Bonchev–Trinajstić information content (AvgIpc) is 3.26. The number of hydrogen-bond donors (Lipinski definition) is 1. The summed E-state index contributed by atoms with van der Waals surface area (Å²) < 4.78 is 18.6. The molecule has 1 saturated carbocycles. The van der Waals surface area contributed by atoms with Crippen LogP contribution in [-0.2, 0) is 14.3 Å². The van der Waals surface area contributed by atoms with Crippen LogP contribution in [0.3, 0.4) is 0 Å². The molecule has 0 radical (unpaired) electrons. The minimum atomic E-state index is -0.927. The smallest absolute Gasteiger partial charge is 0.306 e. The van der Waals surface area contributed by atoms with Crippen LogP contribution >= 0.6 is 0 Å². The van der Waals surface area contributed by atoms with Gasteiger partial charge in [0.05, 0.1) is 19.1 Å². The van der Waals surface area contributed by atoms with Crippen molar-refractivity contribution < 1.29 is 23.8 Å². The van der Waals surface area contributed by atoms with E-state index in [-0.39, 0.29) is 30.0 Å². The third kappa shape index (κ3) is 3.27. The summed E-state index contributed by atoms with van der Waals surface area (Å²) in [7, 11) is 0. The fourth-order valence-corrected chi connectivity index (χ4v) is 3.05. The molecule has 1 heterocycles. The molecular formula is C16H18FNO4. The van der Waals surface area contributed by atoms with E-state index in [2.05, 4.69) is 0 Å². The molecule has 0 unspecified atom stereocenters. The quantitative estimate of drug-likeness (QED) is 0.918. The Kier molecular flexibility index (Phi) is 4.11. The van der Waals surface area contributed by atoms with Crippen LogP contribution in [0.2, 0.25) is 0 Å². The number of carboxylic acid groups (broad SMARTS) is 1. The number of morpholine rings is 1. The van der Waals surface area contributed by atoms with Gasteiger partial charge in [-0.2, -0.15) is 0 Å². The summed E-state index contributed by atoms with van der Waals surface area (Å²) in [4.78, 5) is 24.9. The second-order valence-electron chi connectivity index (χ2n) is 5.88. The van der Waals surface area contributed by atoms with Crippen molar-refractivity contribution in [2.75, 3.05) is 19.7 Å². The molecule has 3 atom stereocenters. The Hall–Kier alpha value is -1.95. The van der Waals surface area contributed by atoms with Crippen molar-refractivity contribution in [2.45, 2.75) is 24.9 Å². The standard InChI is InChI=1S/C16H18FNO4/c17-11-3-1-2-10(6-11)13-8-14(13)16(21)18-4-5-22-12(9-18)7-15(19)20/h1-3,6,12-14H,4-5,7-9H2,(H,19,20)/t12-,13+,14-/m1/s1. The number of carbonyl (C=O) groups is 2. The van der Waals surface area contributed by atoms with E-state index in [1.165, 1.54) is 12.1 Å². The first-order chi connectivity index (χ1) is 10.5. The first kappa shape index (κ1) is 15.0. The Bertz CT molecular complexity index is 591. The monoisotopic (exact) mass is 307 g/mol. The van der Waals surface area contributed by atoms with E-state index < -0.39 is 12.1 Å². The Balaban J connectivity index is 1.59. The number of carbonyl (C=O) groups excluding carboxylic acids is 1. The molecule has 2 fully saturated rings. The maximum atomic E-state index is 13.2. The summed E-state index contributed by atoms with van der Waals surface area (Å²) in [6.07, 6.45) is 0.187. The number of nitrogens with zero attached hydrogens (tertiary/aromatic N) is 1. The Morgan fingerprint density at radius 1 is 1.41 bits per heavy atom. The number of carboxylic acids is 1. The van der Waals surface area contributed by atoms with Crippen molar-refractivity contribution in [3.05, 3.63) is 35.6 Å². The van der Waals surface area contributed by atoms with Gasteiger partial charge in [0.15, 0.2) is 0 Å². The average molecular weight is 307 g/mol. The number of benzene rings is 1. The van der Waals surface area contributed by atoms with Crippen LogP contribution in [-0.4, -0.2) is 47.7 Å². The summed E-state index contributed by atoms with van der Waals surface area (Å²) in [5, 5.41) is 8.81. The van der Waals surface area contributed by atoms with Crippen molar-refractivity contribution in [3.63, 3.8) is 0 Å². The predicted octanol–water partition coefficient (Wildman–Crippen LogP) is 1.63. The van der Waals surface area contributed by atoms with Crippen LogP contribution in [0.4, 0.5) is 4.39 Å². The number of ether oxygens (including phenoxy) is 1. The van der Waals surface area contributed by atoms with Gasteiger partial charge in [-0.3, -0.25) is 9.59 Å². The van der Waals surface area contributed by atoms with E-state index in [0.29, 0.717) is 19.7 Å². The number of aliphatic carboxylic acids is 1. The molecule has 0 bridgehead atoms. The fourth-order valence-electron chi connectivity index (χ4n) is 3.05.